The van der Waals surface area contributed by atoms with Crippen LogP contribution in [0.5, 0.6) is 5.75 Å². The fourth-order valence-corrected chi connectivity index (χ4v) is 5.01. The Hall–Kier alpha value is -0.630. The maximum atomic E-state index is 13.0. The Morgan fingerprint density at radius 3 is 2.90 bits per heavy atom. The molecule has 2 rings (SSSR count). The Morgan fingerprint density at radius 2 is 2.24 bits per heavy atom. The highest BCUT2D eigenvalue weighted by Gasteiger charge is 2.36. The average molecular weight is 377 g/mol. The first-order valence-electron chi connectivity index (χ1n) is 7.09. The van der Waals surface area contributed by atoms with Gasteiger partial charge in [-0.2, -0.15) is 4.31 Å². The molecule has 1 atom stereocenters. The van der Waals surface area contributed by atoms with Gasteiger partial charge in [0, 0.05) is 23.6 Å². The van der Waals surface area contributed by atoms with Gasteiger partial charge in [-0.3, -0.25) is 0 Å². The van der Waals surface area contributed by atoms with Gasteiger partial charge < -0.3 is 10.1 Å². The third-order valence-electron chi connectivity index (χ3n) is 3.56. The van der Waals surface area contributed by atoms with E-state index in [1.54, 1.807) is 22.5 Å². The van der Waals surface area contributed by atoms with Crippen molar-refractivity contribution in [3.05, 3.63) is 22.7 Å². The van der Waals surface area contributed by atoms with E-state index in [2.05, 4.69) is 21.2 Å². The SMILES string of the molecule is CCOc1ccc(Br)cc1S(=O)(=O)N1CCCC1CNC. The third kappa shape index (κ3) is 3.59. The second-order valence-corrected chi connectivity index (χ2v) is 7.77. The highest BCUT2D eigenvalue weighted by atomic mass is 79.9. The maximum Gasteiger partial charge on any atom is 0.247 e. The van der Waals surface area contributed by atoms with Crippen LogP contribution in [0.3, 0.4) is 0 Å². The Balaban J connectivity index is 2.41. The summed E-state index contributed by atoms with van der Waals surface area (Å²) in [4.78, 5) is 0.238. The number of ether oxygens (including phenoxy) is 1. The molecule has 1 heterocycles. The first kappa shape index (κ1) is 16.7. The lowest BCUT2D eigenvalue weighted by Gasteiger charge is -2.25. The molecule has 1 aromatic carbocycles. The first-order chi connectivity index (χ1) is 10.0. The van der Waals surface area contributed by atoms with Gasteiger partial charge >= 0.3 is 0 Å². The summed E-state index contributed by atoms with van der Waals surface area (Å²) in [5.41, 5.74) is 0. The number of nitrogens with one attached hydrogen (secondary N) is 1. The minimum absolute atomic E-state index is 0.00783. The van der Waals surface area contributed by atoms with Gasteiger partial charge in [-0.05, 0) is 45.0 Å². The molecule has 0 aromatic heterocycles. The molecular weight excluding hydrogens is 356 g/mol. The summed E-state index contributed by atoms with van der Waals surface area (Å²) in [6, 6.07) is 5.12. The molecule has 0 spiro atoms. The van der Waals surface area contributed by atoms with Gasteiger partial charge in [0.2, 0.25) is 10.0 Å². The first-order valence-corrected chi connectivity index (χ1v) is 9.32. The lowest BCUT2D eigenvalue weighted by molar-refractivity contribution is 0.327. The number of halogens is 1. The van der Waals surface area contributed by atoms with E-state index in [-0.39, 0.29) is 10.9 Å². The fraction of sp³-hybridized carbons (Fsp3) is 0.571. The summed E-state index contributed by atoms with van der Waals surface area (Å²) < 4.78 is 33.7. The summed E-state index contributed by atoms with van der Waals surface area (Å²) in [7, 11) is -1.71. The molecule has 1 aliphatic rings. The Morgan fingerprint density at radius 1 is 1.48 bits per heavy atom. The fourth-order valence-electron chi connectivity index (χ4n) is 2.65. The molecule has 1 saturated heterocycles. The van der Waals surface area contributed by atoms with E-state index < -0.39 is 10.0 Å². The summed E-state index contributed by atoms with van der Waals surface area (Å²) in [5.74, 6) is 0.413. The van der Waals surface area contributed by atoms with E-state index in [0.29, 0.717) is 25.4 Å². The molecule has 5 nitrogen and oxygen atoms in total. The van der Waals surface area contributed by atoms with Gasteiger partial charge in [-0.15, -0.1) is 0 Å². The smallest absolute Gasteiger partial charge is 0.247 e. The molecule has 7 heteroatoms. The van der Waals surface area contributed by atoms with Crippen molar-refractivity contribution >= 4 is 26.0 Å². The zero-order valence-electron chi connectivity index (χ0n) is 12.3. The van der Waals surface area contributed by atoms with Crippen LogP contribution in [-0.2, 0) is 10.0 Å². The molecule has 0 saturated carbocycles. The lowest BCUT2D eigenvalue weighted by atomic mass is 10.2. The van der Waals surface area contributed by atoms with Crippen molar-refractivity contribution in [3.63, 3.8) is 0 Å². The van der Waals surface area contributed by atoms with E-state index in [4.69, 9.17) is 4.74 Å². The van der Waals surface area contributed by atoms with Crippen LogP contribution in [0.4, 0.5) is 0 Å². The molecule has 0 aliphatic carbocycles. The minimum atomic E-state index is -3.55. The maximum absolute atomic E-state index is 13.0. The summed E-state index contributed by atoms with van der Waals surface area (Å²) >= 11 is 3.34. The van der Waals surface area contributed by atoms with Crippen LogP contribution in [-0.4, -0.2) is 45.5 Å². The molecule has 1 fully saturated rings. The van der Waals surface area contributed by atoms with Crippen molar-refractivity contribution < 1.29 is 13.2 Å². The second kappa shape index (κ2) is 7.09. The van der Waals surface area contributed by atoms with Crippen LogP contribution in [0.15, 0.2) is 27.6 Å². The van der Waals surface area contributed by atoms with Crippen LogP contribution in [0.1, 0.15) is 19.8 Å². The van der Waals surface area contributed by atoms with Gasteiger partial charge in [0.25, 0.3) is 0 Å². The highest BCUT2D eigenvalue weighted by molar-refractivity contribution is 9.10. The van der Waals surface area contributed by atoms with E-state index in [9.17, 15) is 8.42 Å². The van der Waals surface area contributed by atoms with Crippen LogP contribution < -0.4 is 10.1 Å². The van der Waals surface area contributed by atoms with Gasteiger partial charge in [-0.25, -0.2) is 8.42 Å². The molecule has 0 amide bonds. The predicted molar refractivity (Wildman–Crippen MR) is 86.2 cm³/mol. The van der Waals surface area contributed by atoms with Crippen molar-refractivity contribution in [2.24, 2.45) is 0 Å². The number of nitrogens with zero attached hydrogens (tertiary/aromatic N) is 1. The number of likely N-dealkylation sites (N-methyl/N-ethyl adjacent to an activating group) is 1. The minimum Gasteiger partial charge on any atom is -0.492 e. The quantitative estimate of drug-likeness (QED) is 0.826. The largest absolute Gasteiger partial charge is 0.492 e. The molecule has 1 aliphatic heterocycles. The van der Waals surface area contributed by atoms with E-state index in [1.165, 1.54) is 0 Å². The zero-order valence-corrected chi connectivity index (χ0v) is 14.7. The number of hydrogen-bond donors (Lipinski definition) is 1. The zero-order chi connectivity index (χ0) is 15.5. The third-order valence-corrected chi connectivity index (χ3v) is 6.02. The van der Waals surface area contributed by atoms with Crippen molar-refractivity contribution in [2.45, 2.75) is 30.7 Å². The monoisotopic (exact) mass is 376 g/mol. The van der Waals surface area contributed by atoms with Crippen LogP contribution in [0.25, 0.3) is 0 Å². The normalized spacial score (nSPS) is 19.9. The van der Waals surface area contributed by atoms with Crippen LogP contribution in [0.2, 0.25) is 0 Å². The van der Waals surface area contributed by atoms with E-state index in [0.717, 1.165) is 17.3 Å². The molecule has 1 N–H and O–H groups in total. The van der Waals surface area contributed by atoms with E-state index in [1.807, 2.05) is 14.0 Å². The molecule has 1 aromatic rings. The Kier molecular flexibility index (Phi) is 5.65. The lowest BCUT2D eigenvalue weighted by Crippen LogP contribution is -2.40. The molecule has 1 unspecified atom stereocenters. The van der Waals surface area contributed by atoms with Gasteiger partial charge in [0.05, 0.1) is 6.61 Å². The number of benzene rings is 1. The predicted octanol–water partition coefficient (Wildman–Crippen LogP) is 2.22. The highest BCUT2D eigenvalue weighted by Crippen LogP contribution is 2.33. The topological polar surface area (TPSA) is 58.6 Å². The molecule has 21 heavy (non-hydrogen) atoms. The second-order valence-electron chi connectivity index (χ2n) is 4.99. The van der Waals surface area contributed by atoms with E-state index >= 15 is 0 Å². The van der Waals surface area contributed by atoms with Crippen molar-refractivity contribution in [1.82, 2.24) is 9.62 Å². The molecule has 118 valence electrons. The average Bonchev–Trinajstić information content (AvgIpc) is 2.90. The summed E-state index contributed by atoms with van der Waals surface area (Å²) in [6.45, 7) is 3.51. The van der Waals surface area contributed by atoms with Gasteiger partial charge in [0.15, 0.2) is 0 Å². The van der Waals surface area contributed by atoms with Crippen molar-refractivity contribution in [2.75, 3.05) is 26.7 Å². The Labute approximate surface area is 134 Å². The standard InChI is InChI=1S/C14H21BrN2O3S/c1-3-20-13-7-6-11(15)9-14(13)21(18,19)17-8-4-5-12(17)10-16-2/h6-7,9,12,16H,3-5,8,10H2,1-2H3. The van der Waals surface area contributed by atoms with Crippen molar-refractivity contribution in [3.8, 4) is 5.75 Å². The van der Waals surface area contributed by atoms with Crippen molar-refractivity contribution in [1.29, 1.82) is 0 Å². The number of rotatable bonds is 6. The molecular formula is C14H21BrN2O3S. The molecule has 0 radical (unpaired) electrons. The number of hydrogen-bond acceptors (Lipinski definition) is 4. The summed E-state index contributed by atoms with van der Waals surface area (Å²) in [5, 5.41) is 3.07. The van der Waals surface area contributed by atoms with Crippen LogP contribution >= 0.6 is 15.9 Å². The van der Waals surface area contributed by atoms with Gasteiger partial charge in [-0.1, -0.05) is 15.9 Å². The van der Waals surface area contributed by atoms with Crippen LogP contribution in [0, 0.1) is 0 Å². The summed E-state index contributed by atoms with van der Waals surface area (Å²) in [6.07, 6.45) is 1.78. The number of sulfonamides is 1. The molecule has 0 bridgehead atoms. The van der Waals surface area contributed by atoms with Gasteiger partial charge in [0.1, 0.15) is 10.6 Å². The Bertz CT molecular complexity index is 592.